The number of hydrogen-bond donors (Lipinski definition) is 3. The fourth-order valence-electron chi connectivity index (χ4n) is 1.86. The quantitative estimate of drug-likeness (QED) is 0.757. The highest BCUT2D eigenvalue weighted by molar-refractivity contribution is 5.79. The molecule has 1 aromatic carbocycles. The minimum atomic E-state index is 0.241. The molecule has 21 heavy (non-hydrogen) atoms. The summed E-state index contributed by atoms with van der Waals surface area (Å²) in [5, 5.41) is 6.39. The van der Waals surface area contributed by atoms with Crippen LogP contribution < -0.4 is 21.1 Å². The van der Waals surface area contributed by atoms with Crippen molar-refractivity contribution in [2.24, 2.45) is 0 Å². The molecule has 0 spiro atoms. The summed E-state index contributed by atoms with van der Waals surface area (Å²) >= 11 is 0. The number of rotatable bonds is 6. The number of nitrogens with one attached hydrogen (secondary N) is 2. The van der Waals surface area contributed by atoms with E-state index in [1.165, 1.54) is 6.33 Å². The molecule has 0 radical (unpaired) electrons. The van der Waals surface area contributed by atoms with E-state index in [0.29, 0.717) is 23.9 Å². The normalized spacial score (nSPS) is 10.5. The first-order valence-corrected chi connectivity index (χ1v) is 6.97. The van der Waals surface area contributed by atoms with Crippen LogP contribution >= 0.6 is 0 Å². The molecule has 1 heterocycles. The summed E-state index contributed by atoms with van der Waals surface area (Å²) in [6, 6.07) is 7.91. The maximum absolute atomic E-state index is 6.11. The van der Waals surface area contributed by atoms with Gasteiger partial charge in [-0.15, -0.1) is 0 Å². The molecule has 0 aliphatic heterocycles. The predicted molar refractivity (Wildman–Crippen MR) is 86.1 cm³/mol. The van der Waals surface area contributed by atoms with E-state index >= 15 is 0 Å². The minimum Gasteiger partial charge on any atom is -0.492 e. The summed E-state index contributed by atoms with van der Waals surface area (Å²) in [5.41, 5.74) is 7.42. The van der Waals surface area contributed by atoms with Crippen molar-refractivity contribution in [2.45, 2.75) is 26.8 Å². The Labute approximate surface area is 124 Å². The lowest BCUT2D eigenvalue weighted by Gasteiger charge is -2.16. The van der Waals surface area contributed by atoms with Crippen LogP contribution in [-0.4, -0.2) is 22.6 Å². The van der Waals surface area contributed by atoms with Gasteiger partial charge in [0, 0.05) is 6.04 Å². The molecule has 0 aliphatic carbocycles. The highest BCUT2D eigenvalue weighted by atomic mass is 16.5. The van der Waals surface area contributed by atoms with Gasteiger partial charge in [-0.1, -0.05) is 12.1 Å². The Kier molecular flexibility index (Phi) is 4.81. The molecular formula is C15H21N5O. The summed E-state index contributed by atoms with van der Waals surface area (Å²) in [7, 11) is 0. The Morgan fingerprint density at radius 2 is 1.90 bits per heavy atom. The van der Waals surface area contributed by atoms with Crippen LogP contribution in [0.5, 0.6) is 5.75 Å². The van der Waals surface area contributed by atoms with Crippen LogP contribution in [0, 0.1) is 0 Å². The molecule has 112 valence electrons. The molecule has 0 unspecified atom stereocenters. The number of aromatic nitrogens is 2. The Bertz CT molecular complexity index is 600. The Hall–Kier alpha value is -2.50. The van der Waals surface area contributed by atoms with Gasteiger partial charge in [0.15, 0.2) is 11.6 Å². The van der Waals surface area contributed by atoms with Gasteiger partial charge >= 0.3 is 0 Å². The van der Waals surface area contributed by atoms with Crippen LogP contribution in [0.3, 0.4) is 0 Å². The van der Waals surface area contributed by atoms with Crippen molar-refractivity contribution in [1.29, 1.82) is 0 Å². The molecule has 6 heteroatoms. The Morgan fingerprint density at radius 3 is 2.62 bits per heavy atom. The van der Waals surface area contributed by atoms with Crippen LogP contribution in [-0.2, 0) is 0 Å². The van der Waals surface area contributed by atoms with E-state index in [4.69, 9.17) is 10.5 Å². The largest absolute Gasteiger partial charge is 0.492 e. The molecule has 4 N–H and O–H groups in total. The molecule has 0 amide bonds. The fraction of sp³-hybridized carbons (Fsp3) is 0.333. The first-order chi connectivity index (χ1) is 10.1. The molecular weight excluding hydrogens is 266 g/mol. The standard InChI is InChI=1S/C15H21N5O/c1-4-21-12-8-6-5-7-11(12)20-15-13(16)14(17-9-18-15)19-10(2)3/h5-10H,4,16H2,1-3H3,(H2,17,18,19,20). The zero-order valence-corrected chi connectivity index (χ0v) is 12.6. The van der Waals surface area contributed by atoms with Crippen LogP contribution in [0.2, 0.25) is 0 Å². The van der Waals surface area contributed by atoms with Crippen molar-refractivity contribution in [2.75, 3.05) is 23.0 Å². The second-order valence-corrected chi connectivity index (χ2v) is 4.84. The number of ether oxygens (including phenoxy) is 1. The van der Waals surface area contributed by atoms with Gasteiger partial charge in [0.05, 0.1) is 12.3 Å². The van der Waals surface area contributed by atoms with Gasteiger partial charge in [-0.05, 0) is 32.9 Å². The average molecular weight is 287 g/mol. The molecule has 6 nitrogen and oxygen atoms in total. The van der Waals surface area contributed by atoms with E-state index in [1.54, 1.807) is 0 Å². The Balaban J connectivity index is 2.28. The van der Waals surface area contributed by atoms with Crippen molar-refractivity contribution in [3.05, 3.63) is 30.6 Å². The van der Waals surface area contributed by atoms with Gasteiger partial charge in [-0.3, -0.25) is 0 Å². The predicted octanol–water partition coefficient (Wildman–Crippen LogP) is 3.02. The van der Waals surface area contributed by atoms with Gasteiger partial charge in [0.1, 0.15) is 17.8 Å². The highest BCUT2D eigenvalue weighted by Gasteiger charge is 2.11. The zero-order chi connectivity index (χ0) is 15.2. The molecule has 2 aromatic rings. The van der Waals surface area contributed by atoms with E-state index in [-0.39, 0.29) is 6.04 Å². The topological polar surface area (TPSA) is 85.1 Å². The summed E-state index contributed by atoms with van der Waals surface area (Å²) in [6.45, 7) is 6.59. The van der Waals surface area contributed by atoms with Crippen molar-refractivity contribution >= 4 is 23.0 Å². The zero-order valence-electron chi connectivity index (χ0n) is 12.6. The first-order valence-electron chi connectivity index (χ1n) is 6.97. The minimum absolute atomic E-state index is 0.241. The van der Waals surface area contributed by atoms with Crippen LogP contribution in [0.15, 0.2) is 30.6 Å². The van der Waals surface area contributed by atoms with Crippen molar-refractivity contribution in [3.8, 4) is 5.75 Å². The SMILES string of the molecule is CCOc1ccccc1Nc1ncnc(NC(C)C)c1N. The lowest BCUT2D eigenvalue weighted by atomic mass is 10.3. The van der Waals surface area contributed by atoms with Gasteiger partial charge in [-0.25, -0.2) is 9.97 Å². The fourth-order valence-corrected chi connectivity index (χ4v) is 1.86. The molecule has 0 atom stereocenters. The monoisotopic (exact) mass is 287 g/mol. The summed E-state index contributed by atoms with van der Waals surface area (Å²) in [5.74, 6) is 1.94. The molecule has 2 rings (SSSR count). The molecule has 0 aliphatic rings. The van der Waals surface area contributed by atoms with Gasteiger partial charge in [0.25, 0.3) is 0 Å². The number of benzene rings is 1. The van der Waals surface area contributed by atoms with Crippen LogP contribution in [0.25, 0.3) is 0 Å². The number of anilines is 4. The lowest BCUT2D eigenvalue weighted by molar-refractivity contribution is 0.342. The summed E-state index contributed by atoms with van der Waals surface area (Å²) < 4.78 is 5.58. The second-order valence-electron chi connectivity index (χ2n) is 4.84. The van der Waals surface area contributed by atoms with E-state index in [1.807, 2.05) is 45.0 Å². The summed E-state index contributed by atoms with van der Waals surface area (Å²) in [6.07, 6.45) is 1.48. The third-order valence-corrected chi connectivity index (χ3v) is 2.75. The van der Waals surface area contributed by atoms with Gasteiger partial charge in [-0.2, -0.15) is 0 Å². The maximum Gasteiger partial charge on any atom is 0.159 e. The smallest absolute Gasteiger partial charge is 0.159 e. The van der Waals surface area contributed by atoms with Crippen molar-refractivity contribution in [3.63, 3.8) is 0 Å². The summed E-state index contributed by atoms with van der Waals surface area (Å²) in [4.78, 5) is 8.36. The average Bonchev–Trinajstić information content (AvgIpc) is 2.45. The van der Waals surface area contributed by atoms with E-state index in [0.717, 1.165) is 11.4 Å². The van der Waals surface area contributed by atoms with E-state index in [9.17, 15) is 0 Å². The van der Waals surface area contributed by atoms with Crippen LogP contribution in [0.1, 0.15) is 20.8 Å². The number of para-hydroxylation sites is 2. The van der Waals surface area contributed by atoms with Crippen molar-refractivity contribution < 1.29 is 4.74 Å². The first kappa shape index (κ1) is 14.9. The number of nitrogens with zero attached hydrogens (tertiary/aromatic N) is 2. The molecule has 0 fully saturated rings. The van der Waals surface area contributed by atoms with Crippen LogP contribution in [0.4, 0.5) is 23.0 Å². The molecule has 0 saturated heterocycles. The van der Waals surface area contributed by atoms with Crippen molar-refractivity contribution in [1.82, 2.24) is 9.97 Å². The molecule has 0 bridgehead atoms. The number of nitrogen functional groups attached to an aromatic ring is 1. The van der Waals surface area contributed by atoms with Gasteiger partial charge in [0.2, 0.25) is 0 Å². The Morgan fingerprint density at radius 1 is 1.19 bits per heavy atom. The maximum atomic E-state index is 6.11. The highest BCUT2D eigenvalue weighted by Crippen LogP contribution is 2.31. The second kappa shape index (κ2) is 6.78. The third kappa shape index (κ3) is 3.75. The van der Waals surface area contributed by atoms with E-state index < -0.39 is 0 Å². The number of nitrogens with two attached hydrogens (primary N) is 1. The van der Waals surface area contributed by atoms with Gasteiger partial charge < -0.3 is 21.1 Å². The third-order valence-electron chi connectivity index (χ3n) is 2.75. The number of hydrogen-bond acceptors (Lipinski definition) is 6. The lowest BCUT2D eigenvalue weighted by Crippen LogP contribution is -2.14. The van der Waals surface area contributed by atoms with E-state index in [2.05, 4.69) is 20.6 Å². The molecule has 1 aromatic heterocycles. The molecule has 0 saturated carbocycles.